The summed E-state index contributed by atoms with van der Waals surface area (Å²) in [5.74, 6) is -7.37. The van der Waals surface area contributed by atoms with Gasteiger partial charge in [0.25, 0.3) is 0 Å². The van der Waals surface area contributed by atoms with E-state index in [1.165, 1.54) is 11.8 Å². The summed E-state index contributed by atoms with van der Waals surface area (Å²) in [4.78, 5) is 114. The second kappa shape index (κ2) is 21.4. The minimum absolute atomic E-state index is 0.248. The molecule has 0 aromatic heterocycles. The average molecular weight is 726 g/mol. The lowest BCUT2D eigenvalue weighted by Gasteiger charge is -2.30. The summed E-state index contributed by atoms with van der Waals surface area (Å²) in [6.07, 6.45) is 1.30. The van der Waals surface area contributed by atoms with Gasteiger partial charge in [-0.3, -0.25) is 43.2 Å². The average Bonchev–Trinajstić information content (AvgIpc) is 3.57. The first-order valence-electron chi connectivity index (χ1n) is 17.1. The van der Waals surface area contributed by atoms with Crippen molar-refractivity contribution in [2.24, 2.45) is 23.5 Å². The molecule has 0 aliphatic carbocycles. The first kappa shape index (κ1) is 44.2. The fraction of sp³-hybridized carbons (Fsp3) is 0.719. The molecule has 10 N–H and O–H groups in total. The van der Waals surface area contributed by atoms with E-state index in [4.69, 9.17) is 10.8 Å². The molecule has 6 atom stereocenters. The third-order valence-electron chi connectivity index (χ3n) is 8.26. The van der Waals surface area contributed by atoms with Gasteiger partial charge in [-0.1, -0.05) is 48.0 Å². The Kier molecular flexibility index (Phi) is 18.6. The summed E-state index contributed by atoms with van der Waals surface area (Å²) < 4.78 is 0. The highest BCUT2D eigenvalue weighted by Crippen LogP contribution is 2.20. The lowest BCUT2D eigenvalue weighted by molar-refractivity contribution is -0.142. The second-order valence-corrected chi connectivity index (χ2v) is 13.3. The van der Waals surface area contributed by atoms with Crippen LogP contribution in [-0.4, -0.2) is 126 Å². The summed E-state index contributed by atoms with van der Waals surface area (Å²) in [5, 5.41) is 26.0. The Morgan fingerprint density at radius 1 is 0.667 bits per heavy atom. The molecule has 0 aromatic carbocycles. The van der Waals surface area contributed by atoms with Crippen LogP contribution in [0.3, 0.4) is 0 Å². The van der Waals surface area contributed by atoms with Gasteiger partial charge in [0.15, 0.2) is 0 Å². The van der Waals surface area contributed by atoms with E-state index in [0.29, 0.717) is 19.3 Å². The van der Waals surface area contributed by atoms with E-state index in [9.17, 15) is 43.2 Å². The smallest absolute Gasteiger partial charge is 0.322 e. The molecule has 51 heavy (non-hydrogen) atoms. The third kappa shape index (κ3) is 14.9. The number of rotatable bonds is 20. The van der Waals surface area contributed by atoms with Gasteiger partial charge in [-0.25, -0.2) is 0 Å². The number of hydrogen-bond acceptors (Lipinski definition) is 10. The third-order valence-corrected chi connectivity index (χ3v) is 8.26. The molecule has 1 aliphatic rings. The number of carbonyl (C=O) groups excluding carboxylic acids is 8. The molecule has 1 saturated heterocycles. The Labute approximate surface area is 297 Å². The monoisotopic (exact) mass is 725 g/mol. The number of aliphatic carboxylic acids is 1. The molecule has 0 spiro atoms. The predicted molar refractivity (Wildman–Crippen MR) is 183 cm³/mol. The van der Waals surface area contributed by atoms with E-state index in [1.54, 1.807) is 41.5 Å². The van der Waals surface area contributed by atoms with Gasteiger partial charge < -0.3 is 53.0 Å². The van der Waals surface area contributed by atoms with Crippen LogP contribution in [0.1, 0.15) is 67.7 Å². The number of carboxylic acids is 1. The zero-order valence-electron chi connectivity index (χ0n) is 30.4. The Hall–Kier alpha value is -4.81. The van der Waals surface area contributed by atoms with E-state index in [1.807, 2.05) is 0 Å². The number of hydrogen-bond donors (Lipinski definition) is 9. The maximum absolute atomic E-state index is 13.5. The highest BCUT2D eigenvalue weighted by molar-refractivity contribution is 5.96. The molecule has 0 bridgehead atoms. The van der Waals surface area contributed by atoms with Gasteiger partial charge in [-0.15, -0.1) is 0 Å². The first-order valence-corrected chi connectivity index (χ1v) is 17.1. The maximum atomic E-state index is 13.5. The zero-order chi connectivity index (χ0) is 39.0. The van der Waals surface area contributed by atoms with E-state index in [0.717, 1.165) is 0 Å². The van der Waals surface area contributed by atoms with E-state index < -0.39 is 103 Å². The van der Waals surface area contributed by atoms with Crippen molar-refractivity contribution >= 4 is 53.2 Å². The molecule has 0 aromatic rings. The minimum Gasteiger partial charge on any atom is -0.480 e. The molecule has 0 radical (unpaired) electrons. The van der Waals surface area contributed by atoms with Crippen LogP contribution in [0, 0.1) is 17.8 Å². The summed E-state index contributed by atoms with van der Waals surface area (Å²) in [6, 6.07) is -4.84. The van der Waals surface area contributed by atoms with Crippen molar-refractivity contribution in [3.05, 3.63) is 0 Å². The van der Waals surface area contributed by atoms with Gasteiger partial charge in [0.2, 0.25) is 47.3 Å². The Bertz CT molecular complexity index is 1290. The fourth-order valence-electron chi connectivity index (χ4n) is 5.07. The van der Waals surface area contributed by atoms with Crippen LogP contribution >= 0.6 is 0 Å². The number of likely N-dealkylation sites (tertiary alicyclic amines) is 1. The second-order valence-electron chi connectivity index (χ2n) is 13.3. The summed E-state index contributed by atoms with van der Waals surface area (Å²) >= 11 is 0. The van der Waals surface area contributed by atoms with E-state index >= 15 is 0 Å². The highest BCUT2D eigenvalue weighted by atomic mass is 16.4. The molecule has 19 heteroatoms. The van der Waals surface area contributed by atoms with Crippen LogP contribution in [0.2, 0.25) is 0 Å². The lowest BCUT2D eigenvalue weighted by Crippen LogP contribution is -2.57. The van der Waals surface area contributed by atoms with E-state index in [2.05, 4.69) is 37.2 Å². The normalized spacial score (nSPS) is 16.9. The van der Waals surface area contributed by atoms with Crippen molar-refractivity contribution in [2.75, 3.05) is 32.7 Å². The molecule has 288 valence electrons. The molecule has 1 rings (SSSR count). The molecule has 1 fully saturated rings. The summed E-state index contributed by atoms with van der Waals surface area (Å²) in [6.45, 7) is 9.92. The van der Waals surface area contributed by atoms with Gasteiger partial charge in [0.1, 0.15) is 30.7 Å². The highest BCUT2D eigenvalue weighted by Gasteiger charge is 2.39. The summed E-state index contributed by atoms with van der Waals surface area (Å²) in [7, 11) is 0. The van der Waals surface area contributed by atoms with E-state index in [-0.39, 0.29) is 30.8 Å². The molecular weight excluding hydrogens is 670 g/mol. The predicted octanol–water partition coefficient (Wildman–Crippen LogP) is -3.31. The first-order chi connectivity index (χ1) is 23.8. The minimum atomic E-state index is -1.25. The number of nitrogens with zero attached hydrogens (tertiary/aromatic N) is 1. The van der Waals surface area contributed by atoms with Crippen molar-refractivity contribution in [3.63, 3.8) is 0 Å². The zero-order valence-corrected chi connectivity index (χ0v) is 30.4. The molecule has 19 nitrogen and oxygen atoms in total. The van der Waals surface area contributed by atoms with Crippen LogP contribution in [0.15, 0.2) is 0 Å². The van der Waals surface area contributed by atoms with Crippen LogP contribution in [0.4, 0.5) is 0 Å². The quantitative estimate of drug-likeness (QED) is 0.0599. The van der Waals surface area contributed by atoms with Crippen molar-refractivity contribution in [1.82, 2.24) is 42.1 Å². The maximum Gasteiger partial charge on any atom is 0.322 e. The van der Waals surface area contributed by atoms with Crippen LogP contribution in [-0.2, 0) is 43.2 Å². The van der Waals surface area contributed by atoms with Gasteiger partial charge in [0.05, 0.1) is 25.7 Å². The van der Waals surface area contributed by atoms with Crippen LogP contribution < -0.4 is 43.0 Å². The Morgan fingerprint density at radius 3 is 1.61 bits per heavy atom. The van der Waals surface area contributed by atoms with Gasteiger partial charge in [-0.2, -0.15) is 0 Å². The summed E-state index contributed by atoms with van der Waals surface area (Å²) in [5.41, 5.74) is 5.49. The topological polar surface area (TPSA) is 287 Å². The number of carboxylic acid groups (broad SMARTS) is 1. The Balaban J connectivity index is 2.79. The molecule has 1 aliphatic heterocycles. The van der Waals surface area contributed by atoms with Gasteiger partial charge in [-0.05, 0) is 37.5 Å². The standard InChI is InChI=1S/C32H55N9O10/c1-8-18(6)27(31(50)36-14-21(42)38-25(16(2)3)30(49)37-15-24(45)46)40-23(44)13-35-29(48)20-10-9-11-41(20)32(51)26(17(4)5)39-22(43)12-34-28(47)19(7)33/h16-20,25-27H,8-15,33H2,1-7H3,(H,34,47)(H,35,48)(H,36,50)(H,37,49)(H,38,42)(H,39,43)(H,40,44)(H,45,46)/t18-,19-,20-,25-,26-,27-/m0/s1. The number of carbonyl (C=O) groups is 9. The van der Waals surface area contributed by atoms with Crippen molar-refractivity contribution in [2.45, 2.75) is 97.9 Å². The van der Waals surface area contributed by atoms with Crippen LogP contribution in [0.5, 0.6) is 0 Å². The fourth-order valence-corrected chi connectivity index (χ4v) is 5.07. The molecule has 0 saturated carbocycles. The Morgan fingerprint density at radius 2 is 1.12 bits per heavy atom. The van der Waals surface area contributed by atoms with Crippen molar-refractivity contribution < 1.29 is 48.3 Å². The SMILES string of the molecule is CC[C@H](C)[C@H](NC(=O)CNC(=O)[C@@H]1CCCN1C(=O)[C@@H](NC(=O)CNC(=O)[C@H](C)N)C(C)C)C(=O)NCC(=O)N[C@H](C(=O)NCC(=O)O)C(C)C. The lowest BCUT2D eigenvalue weighted by atomic mass is 9.98. The largest absolute Gasteiger partial charge is 0.480 e. The molecular formula is C32H55N9O10. The van der Waals surface area contributed by atoms with Crippen molar-refractivity contribution in [1.29, 1.82) is 0 Å². The van der Waals surface area contributed by atoms with Crippen molar-refractivity contribution in [3.8, 4) is 0 Å². The molecule has 1 heterocycles. The van der Waals surface area contributed by atoms with Gasteiger partial charge >= 0.3 is 5.97 Å². The number of nitrogens with one attached hydrogen (secondary N) is 7. The number of amides is 8. The number of nitrogens with two attached hydrogens (primary N) is 1. The van der Waals surface area contributed by atoms with Crippen LogP contribution in [0.25, 0.3) is 0 Å². The molecule has 0 unspecified atom stereocenters. The molecule has 8 amide bonds. The van der Waals surface area contributed by atoms with Gasteiger partial charge in [0, 0.05) is 6.54 Å².